The second kappa shape index (κ2) is 7.49. The fourth-order valence-corrected chi connectivity index (χ4v) is 23.6. The number of rotatable bonds is 3. The molecule has 0 saturated heterocycles. The Kier molecular flexibility index (Phi) is 7.46. The van der Waals surface area contributed by atoms with E-state index < -0.39 is 26.8 Å². The van der Waals surface area contributed by atoms with Crippen molar-refractivity contribution in [3.8, 4) is 0 Å². The predicted octanol–water partition coefficient (Wildman–Crippen LogP) is -1.94. The maximum atomic E-state index is 2.58. The van der Waals surface area contributed by atoms with E-state index in [1.165, 1.54) is 12.8 Å². The van der Waals surface area contributed by atoms with Gasteiger partial charge < -0.3 is 9.41 Å². The van der Waals surface area contributed by atoms with E-state index in [1.807, 2.05) is 6.56 Å². The van der Waals surface area contributed by atoms with Gasteiger partial charge in [0.25, 0.3) is 0 Å². The Morgan fingerprint density at radius 3 is 1.50 bits per heavy atom. The molecule has 0 saturated carbocycles. The monoisotopic (exact) mass is 345 g/mol. The van der Waals surface area contributed by atoms with Gasteiger partial charge in [-0.25, -0.2) is 0 Å². The zero-order chi connectivity index (χ0) is 11.7. The van der Waals surface area contributed by atoms with Gasteiger partial charge in [0, 0.05) is 0 Å². The molecule has 0 amide bonds. The Morgan fingerprint density at radius 2 is 1.28 bits per heavy atom. The second-order valence-electron chi connectivity index (χ2n) is 5.10. The van der Waals surface area contributed by atoms with E-state index >= 15 is 0 Å². The van der Waals surface area contributed by atoms with Crippen molar-refractivity contribution in [3.05, 3.63) is 42.0 Å². The van der Waals surface area contributed by atoms with Crippen LogP contribution < -0.4 is 9.41 Å². The number of hydrogen-bond donors (Lipinski definition) is 0. The van der Waals surface area contributed by atoms with Crippen LogP contribution in [0.4, 0.5) is 0 Å². The molecule has 0 atom stereocenters. The molecule has 0 spiro atoms. The molecule has 0 aromatic rings. The van der Waals surface area contributed by atoms with Gasteiger partial charge in [-0.3, -0.25) is 0 Å². The zero-order valence-corrected chi connectivity index (χ0v) is 15.2. The average Bonchev–Trinajstić information content (AvgIpc) is 2.79. The van der Waals surface area contributed by atoms with Crippen LogP contribution in [0.1, 0.15) is 26.7 Å². The average molecular weight is 347 g/mol. The quantitative estimate of drug-likeness (QED) is 0.522. The first kappa shape index (κ1) is 17.9. The summed E-state index contributed by atoms with van der Waals surface area (Å²) in [6, 6.07) is 0. The molecule has 0 N–H and O–H groups in total. The van der Waals surface area contributed by atoms with E-state index in [9.17, 15) is 0 Å². The van der Waals surface area contributed by atoms with E-state index in [-0.39, 0.29) is 9.41 Å². The summed E-state index contributed by atoms with van der Waals surface area (Å²) >= 11 is -1.40. The first-order valence-electron chi connectivity index (χ1n) is 6.21. The fourth-order valence-electron chi connectivity index (χ4n) is 2.75. The first-order chi connectivity index (χ1) is 7.61. The van der Waals surface area contributed by atoms with Gasteiger partial charge in [-0.05, 0) is 0 Å². The number of hydrogen-bond acceptors (Lipinski definition) is 0. The van der Waals surface area contributed by atoms with Crippen molar-refractivity contribution < 1.29 is 30.3 Å². The Labute approximate surface area is 118 Å². The van der Waals surface area contributed by atoms with Gasteiger partial charge in [-0.2, -0.15) is 0 Å². The molecule has 0 fully saturated rings. The normalized spacial score (nSPS) is 17.4. The Balaban J connectivity index is 0.00000144. The molecule has 0 heterocycles. The van der Waals surface area contributed by atoms with Crippen LogP contribution in [0.5, 0.6) is 0 Å². The molecule has 2 aliphatic carbocycles. The summed E-state index contributed by atoms with van der Waals surface area (Å²) < 4.78 is 3.81. The predicted molar refractivity (Wildman–Crippen MR) is 71.8 cm³/mol. The minimum Gasteiger partial charge on any atom is -1.00 e. The molecule has 0 aliphatic heterocycles. The van der Waals surface area contributed by atoms with Crippen LogP contribution in [0.25, 0.3) is 0 Å². The Bertz CT molecular complexity index is 384. The summed E-state index contributed by atoms with van der Waals surface area (Å²) in [7, 11) is 0. The largest absolute Gasteiger partial charge is 1.00 e. The molecule has 0 aromatic carbocycles. The number of halogens is 2. The summed E-state index contributed by atoms with van der Waals surface area (Å²) in [4.78, 5) is 0. The topological polar surface area (TPSA) is 0 Å². The molecule has 0 bridgehead atoms. The summed E-state index contributed by atoms with van der Waals surface area (Å²) in [6.07, 6.45) is 12.0. The van der Waals surface area contributed by atoms with Crippen LogP contribution >= 0.6 is 0 Å². The third kappa shape index (κ3) is 3.48. The summed E-state index contributed by atoms with van der Waals surface area (Å²) in [5, 5.41) is 0. The third-order valence-corrected chi connectivity index (χ3v) is 23.5. The molecule has 0 nitrogen and oxygen atoms in total. The van der Waals surface area contributed by atoms with Gasteiger partial charge in [-0.1, -0.05) is 0 Å². The van der Waals surface area contributed by atoms with Crippen molar-refractivity contribution in [1.82, 2.24) is 0 Å². The van der Waals surface area contributed by atoms with Crippen molar-refractivity contribution in [2.45, 2.75) is 39.8 Å². The Hall–Kier alpha value is -0.0800. The third-order valence-electron chi connectivity index (χ3n) is 3.56. The van der Waals surface area contributed by atoms with Crippen molar-refractivity contribution in [1.29, 1.82) is 0 Å². The minimum atomic E-state index is -1.40. The van der Waals surface area contributed by atoms with Gasteiger partial charge in [0.15, 0.2) is 0 Å². The fraction of sp³-hybridized carbons (Fsp3) is 0.429. The van der Waals surface area contributed by atoms with Crippen LogP contribution in [0.2, 0.25) is 13.1 Å². The molecule has 0 aromatic heterocycles. The van der Waals surface area contributed by atoms with E-state index in [4.69, 9.17) is 0 Å². The maximum Gasteiger partial charge on any atom is -1.00 e. The van der Waals surface area contributed by atoms with Crippen LogP contribution in [0, 0.1) is 0 Å². The van der Waals surface area contributed by atoms with Crippen molar-refractivity contribution in [2.75, 3.05) is 0 Å². The van der Waals surface area contributed by atoms with Crippen molar-refractivity contribution >= 4 is 5.92 Å². The first-order valence-corrected chi connectivity index (χ1v) is 15.8. The molecule has 0 unspecified atom stereocenters. The molecule has 0 radical (unpaired) electrons. The molecule has 4 heteroatoms. The molecular formula is C14H21F2SiZr. The van der Waals surface area contributed by atoms with Crippen LogP contribution in [0.15, 0.2) is 42.0 Å². The van der Waals surface area contributed by atoms with Crippen LogP contribution in [-0.4, -0.2) is 5.92 Å². The van der Waals surface area contributed by atoms with Crippen LogP contribution in [-0.2, 0) is 20.9 Å². The van der Waals surface area contributed by atoms with Crippen molar-refractivity contribution in [3.63, 3.8) is 0 Å². The minimum absolute atomic E-state index is 0. The van der Waals surface area contributed by atoms with Gasteiger partial charge in [-0.15, -0.1) is 0 Å². The van der Waals surface area contributed by atoms with Crippen molar-refractivity contribution in [2.24, 2.45) is 0 Å². The maximum absolute atomic E-state index is 2.58. The van der Waals surface area contributed by atoms with Crippen LogP contribution in [0.3, 0.4) is 0 Å². The van der Waals surface area contributed by atoms with E-state index in [1.54, 1.807) is 11.1 Å². The van der Waals surface area contributed by atoms with Gasteiger partial charge in [0.2, 0.25) is 0 Å². The van der Waals surface area contributed by atoms with E-state index in [2.05, 4.69) is 51.2 Å². The second-order valence-corrected chi connectivity index (χ2v) is 24.3. The molecule has 99 valence electrons. The summed E-state index contributed by atoms with van der Waals surface area (Å²) in [5.74, 6) is -0.468. The van der Waals surface area contributed by atoms with Gasteiger partial charge >= 0.3 is 109 Å². The van der Waals surface area contributed by atoms with Gasteiger partial charge in [0.05, 0.1) is 0 Å². The summed E-state index contributed by atoms with van der Waals surface area (Å²) in [5.41, 5.74) is 3.23. The standard InChI is InChI=1S/2C6H7.C2H7Si.2FH.Zr/c2*1-6-4-2-3-5-6;1-3-2;;;/h2*2,4H,3H2,1H3;3H,1-2H3;2*1H;/q;;;;;+2/p-2. The van der Waals surface area contributed by atoms with E-state index in [0.29, 0.717) is 0 Å². The molecule has 2 rings (SSSR count). The molecule has 2 aliphatic rings. The van der Waals surface area contributed by atoms with E-state index in [0.717, 1.165) is 0 Å². The smallest absolute Gasteiger partial charge is 1.00 e. The molecule has 18 heavy (non-hydrogen) atoms. The SMILES string of the molecule is CC1=[C]([Zr+2]([C]2=C(C)C=CC2)[SiH](C)C)CC=C1.[F-].[F-]. The Morgan fingerprint density at radius 1 is 0.889 bits per heavy atom. The molecular weight excluding hydrogens is 325 g/mol. The number of allylic oxidation sites excluding steroid dienone is 8. The zero-order valence-electron chi connectivity index (χ0n) is 11.6. The van der Waals surface area contributed by atoms with Gasteiger partial charge in [0.1, 0.15) is 0 Å². The summed E-state index contributed by atoms with van der Waals surface area (Å²) in [6.45, 7) is 9.81.